The van der Waals surface area contributed by atoms with E-state index < -0.39 is 35.3 Å². The number of nitrogens with one attached hydrogen (secondary N) is 1. The van der Waals surface area contributed by atoms with Crippen LogP contribution in [0.1, 0.15) is 44.2 Å². The molecule has 3 rings (SSSR count). The summed E-state index contributed by atoms with van der Waals surface area (Å²) in [7, 11) is 1.49. The van der Waals surface area contributed by atoms with Crippen molar-refractivity contribution in [2.24, 2.45) is 11.3 Å². The van der Waals surface area contributed by atoms with E-state index in [1.807, 2.05) is 6.07 Å². The molecule has 1 heterocycles. The highest BCUT2D eigenvalue weighted by Gasteiger charge is 2.44. The van der Waals surface area contributed by atoms with E-state index in [4.69, 9.17) is 14.2 Å². The summed E-state index contributed by atoms with van der Waals surface area (Å²) in [5.74, 6) is -3.56. The normalized spacial score (nSPS) is 16.6. The fourth-order valence-corrected chi connectivity index (χ4v) is 4.36. The van der Waals surface area contributed by atoms with E-state index in [1.54, 1.807) is 24.3 Å². The Hall–Kier alpha value is -3.31. The number of amides is 1. The fraction of sp³-hybridized carbons (Fsp3) is 0.522. The van der Waals surface area contributed by atoms with Crippen LogP contribution in [0, 0.1) is 11.3 Å². The molecule has 1 saturated carbocycles. The molecule has 1 aliphatic carbocycles. The molecule has 0 aliphatic heterocycles. The lowest BCUT2D eigenvalue weighted by Gasteiger charge is -2.30. The van der Waals surface area contributed by atoms with Crippen molar-refractivity contribution in [3.63, 3.8) is 0 Å². The topological polar surface area (TPSA) is 161 Å². The molecule has 1 amide bonds. The van der Waals surface area contributed by atoms with Crippen molar-refractivity contribution in [2.45, 2.75) is 51.0 Å². The van der Waals surface area contributed by atoms with Crippen LogP contribution in [0.3, 0.4) is 0 Å². The quantitative estimate of drug-likeness (QED) is 0.367. The number of carboxylic acids is 2. The van der Waals surface area contributed by atoms with Crippen molar-refractivity contribution in [3.8, 4) is 11.3 Å². The smallest absolute Gasteiger partial charge is 0.336 e. The van der Waals surface area contributed by atoms with Crippen molar-refractivity contribution in [3.05, 3.63) is 36.0 Å². The van der Waals surface area contributed by atoms with Gasteiger partial charge in [-0.25, -0.2) is 14.9 Å². The maximum absolute atomic E-state index is 13.1. The first-order valence-electron chi connectivity index (χ1n) is 11.1. The third-order valence-corrected chi connectivity index (χ3v) is 6.25. The lowest BCUT2D eigenvalue weighted by atomic mass is 9.76. The van der Waals surface area contributed by atoms with E-state index in [2.05, 4.69) is 15.8 Å². The molecular weight excluding hydrogens is 446 g/mol. The summed E-state index contributed by atoms with van der Waals surface area (Å²) in [5, 5.41) is 26.9. The minimum atomic E-state index is -1.44. The van der Waals surface area contributed by atoms with Gasteiger partial charge in [-0.2, -0.15) is 0 Å². The molecule has 0 unspecified atom stereocenters. The van der Waals surface area contributed by atoms with Crippen LogP contribution in [-0.4, -0.2) is 58.2 Å². The number of benzene rings is 1. The third kappa shape index (κ3) is 6.17. The highest BCUT2D eigenvalue weighted by molar-refractivity contribution is 5.83. The molecule has 1 aliphatic rings. The second-order valence-corrected chi connectivity index (χ2v) is 8.51. The summed E-state index contributed by atoms with van der Waals surface area (Å²) in [6.07, 6.45) is 1.33. The van der Waals surface area contributed by atoms with Gasteiger partial charge in [0, 0.05) is 25.7 Å². The Kier molecular flexibility index (Phi) is 8.72. The number of nitrogens with zero attached hydrogens (tertiary/aromatic N) is 2. The molecule has 1 aromatic heterocycles. The number of carbonyl (C=O) groups excluding carboxylic acids is 1. The van der Waals surface area contributed by atoms with Crippen LogP contribution in [0.15, 0.2) is 35.0 Å². The van der Waals surface area contributed by atoms with Crippen LogP contribution >= 0.6 is 0 Å². The molecule has 1 fully saturated rings. The Morgan fingerprint density at radius 2 is 1.82 bits per heavy atom. The van der Waals surface area contributed by atoms with E-state index in [0.29, 0.717) is 24.1 Å². The molecule has 0 spiro atoms. The van der Waals surface area contributed by atoms with E-state index in [1.165, 1.54) is 7.11 Å². The Labute approximate surface area is 196 Å². The van der Waals surface area contributed by atoms with Crippen LogP contribution in [0.2, 0.25) is 0 Å². The molecular formula is C23H29N3O8. The summed E-state index contributed by atoms with van der Waals surface area (Å²) in [6, 6.07) is 9.01. The maximum atomic E-state index is 13.1. The number of aliphatic carboxylic acids is 2. The number of carboxylic acid groups (broad SMARTS) is 2. The molecule has 34 heavy (non-hydrogen) atoms. The van der Waals surface area contributed by atoms with Crippen LogP contribution in [0.25, 0.3) is 11.3 Å². The van der Waals surface area contributed by atoms with E-state index in [0.717, 1.165) is 12.8 Å². The molecule has 1 aromatic carbocycles. The molecule has 184 valence electrons. The number of carbonyl (C=O) groups is 3. The lowest BCUT2D eigenvalue weighted by molar-refractivity contribution is -0.165. The van der Waals surface area contributed by atoms with E-state index >= 15 is 0 Å². The van der Waals surface area contributed by atoms with Crippen LogP contribution in [-0.2, 0) is 30.4 Å². The lowest BCUT2D eigenvalue weighted by Crippen LogP contribution is -2.44. The van der Waals surface area contributed by atoms with Gasteiger partial charge in [-0.05, 0) is 30.8 Å². The minimum absolute atomic E-state index is 0.129. The molecule has 11 heteroatoms. The molecule has 2 aromatic rings. The standard InChI is InChI=1S/C23H29N3O8/c1-32-12-9-16(20(27)28)14-23(10-5-6-11-23)22(31)26-33-18(21(29)30)13-17-19(25-34-24-17)15-7-3-2-4-8-15/h2-4,7-8,16,18H,5-6,9-14H2,1H3,(H,26,31)(H,27,28)(H,29,30)/t16-,18+/m1/s1. The molecule has 2 atom stereocenters. The Morgan fingerprint density at radius 1 is 1.12 bits per heavy atom. The summed E-state index contributed by atoms with van der Waals surface area (Å²) in [5.41, 5.74) is 2.72. The van der Waals surface area contributed by atoms with Gasteiger partial charge in [0.2, 0.25) is 5.91 Å². The number of hydrogen-bond donors (Lipinski definition) is 3. The van der Waals surface area contributed by atoms with E-state index in [9.17, 15) is 24.6 Å². The molecule has 0 radical (unpaired) electrons. The second kappa shape index (κ2) is 11.7. The van der Waals surface area contributed by atoms with Crippen LogP contribution in [0.5, 0.6) is 0 Å². The SMILES string of the molecule is COCC[C@H](CC1(C(=O)NO[C@@H](Cc2nonc2-c2ccccc2)C(=O)O)CCCC1)C(=O)O. The molecule has 0 bridgehead atoms. The highest BCUT2D eigenvalue weighted by atomic mass is 16.7. The van der Waals surface area contributed by atoms with Crippen LogP contribution in [0.4, 0.5) is 0 Å². The number of rotatable bonds is 13. The Balaban J connectivity index is 1.69. The number of hydrogen-bond acceptors (Lipinski definition) is 8. The minimum Gasteiger partial charge on any atom is -0.481 e. The second-order valence-electron chi connectivity index (χ2n) is 8.51. The average Bonchev–Trinajstić information content (AvgIpc) is 3.49. The first kappa shape index (κ1) is 25.3. The summed E-state index contributed by atoms with van der Waals surface area (Å²) >= 11 is 0. The number of aromatic nitrogens is 2. The van der Waals surface area contributed by atoms with Gasteiger partial charge in [0.05, 0.1) is 11.3 Å². The zero-order valence-corrected chi connectivity index (χ0v) is 18.9. The van der Waals surface area contributed by atoms with Gasteiger partial charge >= 0.3 is 11.9 Å². The van der Waals surface area contributed by atoms with Gasteiger partial charge < -0.3 is 14.9 Å². The van der Waals surface area contributed by atoms with Crippen molar-refractivity contribution < 1.29 is 38.8 Å². The van der Waals surface area contributed by atoms with Crippen LogP contribution < -0.4 is 5.48 Å². The van der Waals surface area contributed by atoms with Gasteiger partial charge in [0.1, 0.15) is 11.4 Å². The number of hydroxylamine groups is 1. The number of ether oxygens (including phenoxy) is 1. The van der Waals surface area contributed by atoms with E-state index in [-0.39, 0.29) is 31.6 Å². The third-order valence-electron chi connectivity index (χ3n) is 6.25. The predicted octanol–water partition coefficient (Wildman–Crippen LogP) is 2.47. The summed E-state index contributed by atoms with van der Waals surface area (Å²) < 4.78 is 9.80. The summed E-state index contributed by atoms with van der Waals surface area (Å²) in [6.45, 7) is 0.266. The molecule has 3 N–H and O–H groups in total. The van der Waals surface area contributed by atoms with Gasteiger partial charge in [-0.15, -0.1) is 0 Å². The first-order chi connectivity index (χ1) is 16.4. The fourth-order valence-electron chi connectivity index (χ4n) is 4.36. The van der Waals surface area contributed by atoms with Crippen molar-refractivity contribution in [1.29, 1.82) is 0 Å². The van der Waals surface area contributed by atoms with Gasteiger partial charge in [0.15, 0.2) is 6.10 Å². The van der Waals surface area contributed by atoms with Gasteiger partial charge in [-0.3, -0.25) is 14.4 Å². The number of methoxy groups -OCH3 is 1. The van der Waals surface area contributed by atoms with Crippen molar-refractivity contribution >= 4 is 17.8 Å². The summed E-state index contributed by atoms with van der Waals surface area (Å²) in [4.78, 5) is 42.0. The Morgan fingerprint density at radius 3 is 2.44 bits per heavy atom. The Bertz CT molecular complexity index is 972. The largest absolute Gasteiger partial charge is 0.481 e. The van der Waals surface area contributed by atoms with Gasteiger partial charge in [-0.1, -0.05) is 48.3 Å². The molecule has 0 saturated heterocycles. The maximum Gasteiger partial charge on any atom is 0.336 e. The van der Waals surface area contributed by atoms with Gasteiger partial charge in [0.25, 0.3) is 0 Å². The zero-order valence-electron chi connectivity index (χ0n) is 18.9. The zero-order chi connectivity index (χ0) is 24.6. The van der Waals surface area contributed by atoms with Crippen molar-refractivity contribution in [1.82, 2.24) is 15.8 Å². The first-order valence-corrected chi connectivity index (χ1v) is 11.1. The highest BCUT2D eigenvalue weighted by Crippen LogP contribution is 2.44. The predicted molar refractivity (Wildman–Crippen MR) is 117 cm³/mol. The van der Waals surface area contributed by atoms with Crippen molar-refractivity contribution in [2.75, 3.05) is 13.7 Å². The molecule has 11 nitrogen and oxygen atoms in total. The average molecular weight is 475 g/mol. The monoisotopic (exact) mass is 475 g/mol.